The van der Waals surface area contributed by atoms with Crippen LogP contribution in [0, 0.1) is 5.92 Å². The van der Waals surface area contributed by atoms with Crippen LogP contribution < -0.4 is 5.32 Å². The number of isocyanates is 1. The van der Waals surface area contributed by atoms with Gasteiger partial charge in [0.2, 0.25) is 12.0 Å². The van der Waals surface area contributed by atoms with Crippen LogP contribution >= 0.6 is 0 Å². The van der Waals surface area contributed by atoms with E-state index in [1.54, 1.807) is 18.2 Å². The van der Waals surface area contributed by atoms with Crippen LogP contribution in [0.25, 0.3) is 0 Å². The molecule has 1 spiro atoms. The maximum absolute atomic E-state index is 12.9. The smallest absolute Gasteiger partial charge is 0.310 e. The van der Waals surface area contributed by atoms with Crippen molar-refractivity contribution in [2.45, 2.75) is 30.8 Å². The molecule has 0 bridgehead atoms. The summed E-state index contributed by atoms with van der Waals surface area (Å²) in [6.45, 7) is 0.756. The van der Waals surface area contributed by atoms with Gasteiger partial charge in [-0.05, 0) is 44.0 Å². The number of nitrogens with zero attached hydrogens (tertiary/aromatic N) is 2. The molecule has 0 saturated carbocycles. The van der Waals surface area contributed by atoms with E-state index in [-0.39, 0.29) is 23.8 Å². The van der Waals surface area contributed by atoms with Crippen molar-refractivity contribution in [2.24, 2.45) is 10.9 Å². The van der Waals surface area contributed by atoms with E-state index in [1.807, 2.05) is 0 Å². The first-order chi connectivity index (χ1) is 11.6. The lowest BCUT2D eigenvalue weighted by atomic mass is 9.84. The van der Waals surface area contributed by atoms with Gasteiger partial charge in [0.25, 0.3) is 0 Å². The van der Waals surface area contributed by atoms with E-state index in [0.29, 0.717) is 17.8 Å². The highest BCUT2D eigenvalue weighted by Gasteiger charge is 2.63. The largest absolute Gasteiger partial charge is 0.469 e. The van der Waals surface area contributed by atoms with Crippen LogP contribution in [0.4, 0.5) is 11.4 Å². The zero-order chi connectivity index (χ0) is 16.9. The molecule has 3 unspecified atom stereocenters. The summed E-state index contributed by atoms with van der Waals surface area (Å²) in [7, 11) is 1.38. The van der Waals surface area contributed by atoms with E-state index in [0.717, 1.165) is 24.9 Å². The first kappa shape index (κ1) is 15.1. The van der Waals surface area contributed by atoms with Crippen LogP contribution in [0.5, 0.6) is 0 Å². The van der Waals surface area contributed by atoms with Crippen LogP contribution in [0.15, 0.2) is 23.2 Å². The van der Waals surface area contributed by atoms with Crippen molar-refractivity contribution < 1.29 is 19.1 Å². The van der Waals surface area contributed by atoms with E-state index in [1.165, 1.54) is 13.2 Å². The number of amides is 1. The van der Waals surface area contributed by atoms with Gasteiger partial charge in [0.15, 0.2) is 0 Å². The highest BCUT2D eigenvalue weighted by atomic mass is 16.5. The van der Waals surface area contributed by atoms with Crippen molar-refractivity contribution in [1.29, 1.82) is 0 Å². The maximum atomic E-state index is 12.9. The standard InChI is InChI=1S/C17H17N3O4/c1-24-15(22)11-8-17(20-6-2-3-14(11)20)12-7-10(18-9-21)4-5-13(12)19-16(17)23/h4-5,7,11,14H,2-3,6,8H2,1H3,(H,19,23). The molecule has 7 heteroatoms. The first-order valence-corrected chi connectivity index (χ1v) is 8.00. The van der Waals surface area contributed by atoms with Crippen LogP contribution in [-0.4, -0.2) is 42.6 Å². The summed E-state index contributed by atoms with van der Waals surface area (Å²) in [4.78, 5) is 41.5. The van der Waals surface area contributed by atoms with Gasteiger partial charge in [0.1, 0.15) is 5.54 Å². The molecule has 3 aliphatic rings. The van der Waals surface area contributed by atoms with Crippen LogP contribution in [0.1, 0.15) is 24.8 Å². The molecule has 3 heterocycles. The minimum Gasteiger partial charge on any atom is -0.469 e. The molecule has 124 valence electrons. The first-order valence-electron chi connectivity index (χ1n) is 8.00. The number of hydrogen-bond donors (Lipinski definition) is 1. The molecule has 0 radical (unpaired) electrons. The Bertz CT molecular complexity index is 786. The number of aliphatic imine (C=N–C) groups is 1. The highest BCUT2D eigenvalue weighted by molar-refractivity contribution is 6.07. The Morgan fingerprint density at radius 3 is 3.08 bits per heavy atom. The predicted octanol–water partition coefficient (Wildman–Crippen LogP) is 1.46. The van der Waals surface area contributed by atoms with Gasteiger partial charge in [-0.3, -0.25) is 14.5 Å². The Morgan fingerprint density at radius 1 is 1.50 bits per heavy atom. The van der Waals surface area contributed by atoms with E-state index < -0.39 is 5.54 Å². The van der Waals surface area contributed by atoms with Crippen molar-refractivity contribution in [2.75, 3.05) is 19.0 Å². The maximum Gasteiger partial charge on any atom is 0.310 e. The van der Waals surface area contributed by atoms with Gasteiger partial charge in [-0.1, -0.05) is 0 Å². The molecule has 0 aromatic heterocycles. The molecule has 1 aromatic carbocycles. The van der Waals surface area contributed by atoms with Crippen molar-refractivity contribution >= 4 is 29.3 Å². The lowest BCUT2D eigenvalue weighted by molar-refractivity contribution is -0.146. The summed E-state index contributed by atoms with van der Waals surface area (Å²) in [6.07, 6.45) is 3.73. The van der Waals surface area contributed by atoms with Crippen LogP contribution in [-0.2, 0) is 24.7 Å². The van der Waals surface area contributed by atoms with Crippen LogP contribution in [0.2, 0.25) is 0 Å². The monoisotopic (exact) mass is 327 g/mol. The van der Waals surface area contributed by atoms with Crippen LogP contribution in [0.3, 0.4) is 0 Å². The fourth-order valence-corrected chi connectivity index (χ4v) is 4.59. The molecule has 2 fully saturated rings. The Hall–Kier alpha value is -2.50. The summed E-state index contributed by atoms with van der Waals surface area (Å²) in [5.74, 6) is -0.720. The summed E-state index contributed by atoms with van der Waals surface area (Å²) in [5, 5.41) is 2.92. The number of carbonyl (C=O) groups is 2. The van der Waals surface area contributed by atoms with Gasteiger partial charge < -0.3 is 10.1 Å². The van der Waals surface area contributed by atoms with E-state index in [9.17, 15) is 14.4 Å². The molecule has 3 aliphatic heterocycles. The minimum atomic E-state index is -0.885. The molecule has 3 atom stereocenters. The van der Waals surface area contributed by atoms with Gasteiger partial charge >= 0.3 is 5.97 Å². The number of hydrogen-bond acceptors (Lipinski definition) is 6. The molecular weight excluding hydrogens is 310 g/mol. The number of rotatable bonds is 2. The van der Waals surface area contributed by atoms with E-state index >= 15 is 0 Å². The van der Waals surface area contributed by atoms with E-state index in [2.05, 4.69) is 15.2 Å². The molecule has 1 aromatic rings. The quantitative estimate of drug-likeness (QED) is 0.505. The number of methoxy groups -OCH3 is 1. The normalized spacial score (nSPS) is 30.6. The second kappa shape index (κ2) is 5.26. The second-order valence-corrected chi connectivity index (χ2v) is 6.48. The minimum absolute atomic E-state index is 0.00683. The number of anilines is 1. The third kappa shape index (κ3) is 1.82. The topological polar surface area (TPSA) is 88.1 Å². The van der Waals surface area contributed by atoms with Crippen molar-refractivity contribution in [1.82, 2.24) is 4.90 Å². The molecule has 4 rings (SSSR count). The van der Waals surface area contributed by atoms with Crippen molar-refractivity contribution in [3.8, 4) is 0 Å². The predicted molar refractivity (Wildman–Crippen MR) is 84.4 cm³/mol. The van der Waals surface area contributed by atoms with Gasteiger partial charge in [-0.2, -0.15) is 4.99 Å². The molecule has 2 saturated heterocycles. The summed E-state index contributed by atoms with van der Waals surface area (Å²) in [6, 6.07) is 5.16. The third-order valence-corrected chi connectivity index (χ3v) is 5.52. The number of fused-ring (bicyclic) bond motifs is 4. The molecular formula is C17H17N3O4. The highest BCUT2D eigenvalue weighted by Crippen LogP contribution is 2.54. The van der Waals surface area contributed by atoms with Crippen molar-refractivity contribution in [3.05, 3.63) is 23.8 Å². The Balaban J connectivity index is 1.86. The molecule has 0 aliphatic carbocycles. The Labute approximate surface area is 138 Å². The number of ether oxygens (including phenoxy) is 1. The lowest BCUT2D eigenvalue weighted by Gasteiger charge is -2.32. The van der Waals surface area contributed by atoms with Gasteiger partial charge in [-0.15, -0.1) is 0 Å². The number of esters is 1. The summed E-state index contributed by atoms with van der Waals surface area (Å²) in [5.41, 5.74) is 1.06. The Morgan fingerprint density at radius 2 is 2.33 bits per heavy atom. The summed E-state index contributed by atoms with van der Waals surface area (Å²) < 4.78 is 4.96. The SMILES string of the molecule is COC(=O)C1CC2(C(=O)Nc3ccc(N=C=O)cc32)N2CCCC12. The molecule has 24 heavy (non-hydrogen) atoms. The number of nitrogens with one attached hydrogen (secondary N) is 1. The fourth-order valence-electron chi connectivity index (χ4n) is 4.59. The lowest BCUT2D eigenvalue weighted by Crippen LogP contribution is -2.47. The molecule has 7 nitrogen and oxygen atoms in total. The van der Waals surface area contributed by atoms with Crippen molar-refractivity contribution in [3.63, 3.8) is 0 Å². The van der Waals surface area contributed by atoms with E-state index in [4.69, 9.17) is 4.74 Å². The summed E-state index contributed by atoms with van der Waals surface area (Å²) >= 11 is 0. The number of carbonyl (C=O) groups excluding carboxylic acids is 3. The average molecular weight is 327 g/mol. The van der Waals surface area contributed by atoms with Gasteiger partial charge in [0, 0.05) is 17.3 Å². The van der Waals surface area contributed by atoms with Gasteiger partial charge in [0.05, 0.1) is 18.7 Å². The Kier molecular flexibility index (Phi) is 3.30. The zero-order valence-electron chi connectivity index (χ0n) is 13.2. The zero-order valence-corrected chi connectivity index (χ0v) is 13.2. The fraction of sp³-hybridized carbons (Fsp3) is 0.471. The second-order valence-electron chi connectivity index (χ2n) is 6.48. The number of benzene rings is 1. The molecule has 1 amide bonds. The third-order valence-electron chi connectivity index (χ3n) is 5.52. The van der Waals surface area contributed by atoms with Gasteiger partial charge in [-0.25, -0.2) is 4.79 Å². The molecule has 1 N–H and O–H groups in total. The average Bonchev–Trinajstić information content (AvgIpc) is 3.23.